The smallest absolute Gasteiger partial charge is 0.254 e. The Bertz CT molecular complexity index is 1000. The predicted octanol–water partition coefficient (Wildman–Crippen LogP) is 4.80. The van der Waals surface area contributed by atoms with Crippen LogP contribution in [0.25, 0.3) is 0 Å². The molecule has 3 aromatic carbocycles. The van der Waals surface area contributed by atoms with Crippen LogP contribution >= 0.6 is 0 Å². The number of rotatable bonds is 4. The van der Waals surface area contributed by atoms with Crippen molar-refractivity contribution < 1.29 is 14.3 Å². The summed E-state index contributed by atoms with van der Waals surface area (Å²) < 4.78 is 10.7. The van der Waals surface area contributed by atoms with Gasteiger partial charge in [0.2, 0.25) is 0 Å². The normalized spacial score (nSPS) is 15.6. The zero-order chi connectivity index (χ0) is 20.4. The summed E-state index contributed by atoms with van der Waals surface area (Å²) in [6.45, 7) is 2.73. The summed E-state index contributed by atoms with van der Waals surface area (Å²) in [5.74, 6) is 1.19. The minimum absolute atomic E-state index is 0.0257. The molecule has 1 unspecified atom stereocenters. The molecule has 29 heavy (non-hydrogen) atoms. The molecule has 0 bridgehead atoms. The Kier molecular flexibility index (Phi) is 5.26. The van der Waals surface area contributed by atoms with Crippen LogP contribution in [0, 0.1) is 6.92 Å². The van der Waals surface area contributed by atoms with Crippen LogP contribution in [0.15, 0.2) is 66.7 Å². The number of hydrogen-bond donors (Lipinski definition) is 0. The Labute approximate surface area is 171 Å². The molecule has 1 aliphatic heterocycles. The number of fused-ring (bicyclic) bond motifs is 1. The van der Waals surface area contributed by atoms with Gasteiger partial charge in [-0.1, -0.05) is 54.1 Å². The summed E-state index contributed by atoms with van der Waals surface area (Å²) in [6, 6.07) is 22.0. The number of aryl methyl sites for hydroxylation is 1. The third-order valence-electron chi connectivity index (χ3n) is 5.54. The Balaban J connectivity index is 1.79. The van der Waals surface area contributed by atoms with E-state index in [0.717, 1.165) is 12.0 Å². The first-order valence-corrected chi connectivity index (χ1v) is 9.79. The number of benzene rings is 3. The van der Waals surface area contributed by atoms with Gasteiger partial charge >= 0.3 is 0 Å². The number of carbonyl (C=O) groups excluding carboxylic acids is 1. The van der Waals surface area contributed by atoms with Gasteiger partial charge in [-0.2, -0.15) is 0 Å². The van der Waals surface area contributed by atoms with E-state index in [1.807, 2.05) is 11.0 Å². The van der Waals surface area contributed by atoms with E-state index in [1.165, 1.54) is 16.7 Å². The molecule has 0 fully saturated rings. The van der Waals surface area contributed by atoms with E-state index in [9.17, 15) is 4.79 Å². The lowest BCUT2D eigenvalue weighted by atomic mass is 9.87. The highest BCUT2D eigenvalue weighted by atomic mass is 16.5. The summed E-state index contributed by atoms with van der Waals surface area (Å²) in [7, 11) is 3.19. The summed E-state index contributed by atoms with van der Waals surface area (Å²) in [5, 5.41) is 0. The van der Waals surface area contributed by atoms with E-state index >= 15 is 0 Å². The second-order valence-electron chi connectivity index (χ2n) is 7.36. The first-order valence-electron chi connectivity index (χ1n) is 9.79. The monoisotopic (exact) mass is 387 g/mol. The lowest BCUT2D eigenvalue weighted by molar-refractivity contribution is 0.0694. The maximum absolute atomic E-state index is 13.6. The first-order chi connectivity index (χ1) is 14.1. The number of methoxy groups -OCH3 is 2. The highest BCUT2D eigenvalue weighted by Gasteiger charge is 2.32. The van der Waals surface area contributed by atoms with E-state index in [1.54, 1.807) is 32.4 Å². The Morgan fingerprint density at radius 2 is 1.59 bits per heavy atom. The quantitative estimate of drug-likeness (QED) is 0.645. The van der Waals surface area contributed by atoms with Gasteiger partial charge in [0.15, 0.2) is 0 Å². The average Bonchev–Trinajstić information content (AvgIpc) is 2.78. The van der Waals surface area contributed by atoms with Crippen molar-refractivity contribution in [2.45, 2.75) is 19.4 Å². The molecule has 1 atom stereocenters. The van der Waals surface area contributed by atoms with Crippen LogP contribution in [0.4, 0.5) is 0 Å². The molecule has 4 heteroatoms. The number of hydrogen-bond acceptors (Lipinski definition) is 3. The molecule has 0 aliphatic carbocycles. The first kappa shape index (κ1) is 19.1. The van der Waals surface area contributed by atoms with Crippen molar-refractivity contribution in [3.8, 4) is 11.5 Å². The van der Waals surface area contributed by atoms with Gasteiger partial charge in [-0.15, -0.1) is 0 Å². The van der Waals surface area contributed by atoms with Crippen LogP contribution in [-0.4, -0.2) is 31.6 Å². The van der Waals surface area contributed by atoms with Crippen molar-refractivity contribution in [2.75, 3.05) is 20.8 Å². The summed E-state index contributed by atoms with van der Waals surface area (Å²) in [4.78, 5) is 15.6. The Hall–Kier alpha value is -3.27. The Morgan fingerprint density at radius 3 is 2.24 bits per heavy atom. The van der Waals surface area contributed by atoms with E-state index in [4.69, 9.17) is 9.47 Å². The second kappa shape index (κ2) is 8.00. The molecule has 0 radical (unpaired) electrons. The summed E-state index contributed by atoms with van der Waals surface area (Å²) in [6.07, 6.45) is 0.839. The number of amides is 1. The zero-order valence-corrected chi connectivity index (χ0v) is 17.0. The van der Waals surface area contributed by atoms with Crippen LogP contribution < -0.4 is 9.47 Å². The van der Waals surface area contributed by atoms with Gasteiger partial charge in [-0.25, -0.2) is 0 Å². The van der Waals surface area contributed by atoms with Gasteiger partial charge in [0, 0.05) is 18.2 Å². The fourth-order valence-corrected chi connectivity index (χ4v) is 3.99. The van der Waals surface area contributed by atoms with Crippen molar-refractivity contribution in [2.24, 2.45) is 0 Å². The van der Waals surface area contributed by atoms with Crippen molar-refractivity contribution in [3.05, 3.63) is 94.5 Å². The molecule has 1 heterocycles. The molecule has 3 aromatic rings. The third kappa shape index (κ3) is 3.70. The number of carbonyl (C=O) groups is 1. The van der Waals surface area contributed by atoms with Crippen molar-refractivity contribution in [3.63, 3.8) is 0 Å². The SMILES string of the molecule is COc1cc(OC)cc(C(=O)N2CCc3ccccc3C2c2ccc(C)cc2)c1. The van der Waals surface area contributed by atoms with E-state index in [2.05, 4.69) is 49.4 Å². The Morgan fingerprint density at radius 1 is 0.931 bits per heavy atom. The van der Waals surface area contributed by atoms with Gasteiger partial charge in [0.05, 0.1) is 20.3 Å². The van der Waals surface area contributed by atoms with Crippen molar-refractivity contribution >= 4 is 5.91 Å². The van der Waals surface area contributed by atoms with Crippen molar-refractivity contribution in [1.29, 1.82) is 0 Å². The molecule has 0 saturated carbocycles. The minimum Gasteiger partial charge on any atom is -0.497 e. The summed E-state index contributed by atoms with van der Waals surface area (Å²) in [5.41, 5.74) is 5.37. The molecule has 0 aromatic heterocycles. The molecule has 4 nitrogen and oxygen atoms in total. The highest BCUT2D eigenvalue weighted by Crippen LogP contribution is 2.37. The van der Waals surface area contributed by atoms with Gasteiger partial charge in [0.25, 0.3) is 5.91 Å². The molecule has 1 amide bonds. The third-order valence-corrected chi connectivity index (χ3v) is 5.54. The molecule has 0 spiro atoms. The molecule has 0 N–H and O–H groups in total. The molecular formula is C25H25NO3. The van der Waals surface area contributed by atoms with Gasteiger partial charge in [-0.05, 0) is 42.2 Å². The fraction of sp³-hybridized carbons (Fsp3) is 0.240. The summed E-state index contributed by atoms with van der Waals surface area (Å²) >= 11 is 0. The van der Waals surface area contributed by atoms with E-state index < -0.39 is 0 Å². The highest BCUT2D eigenvalue weighted by molar-refractivity contribution is 5.96. The second-order valence-corrected chi connectivity index (χ2v) is 7.36. The molecule has 148 valence electrons. The largest absolute Gasteiger partial charge is 0.497 e. The van der Waals surface area contributed by atoms with Gasteiger partial charge in [-0.3, -0.25) is 4.79 Å². The maximum Gasteiger partial charge on any atom is 0.254 e. The number of ether oxygens (including phenoxy) is 2. The zero-order valence-electron chi connectivity index (χ0n) is 17.0. The van der Waals surface area contributed by atoms with Crippen molar-refractivity contribution in [1.82, 2.24) is 4.90 Å². The van der Waals surface area contributed by atoms with E-state index in [-0.39, 0.29) is 11.9 Å². The van der Waals surface area contributed by atoms with Crippen LogP contribution in [0.2, 0.25) is 0 Å². The average molecular weight is 387 g/mol. The molecule has 1 aliphatic rings. The predicted molar refractivity (Wildman–Crippen MR) is 114 cm³/mol. The fourth-order valence-electron chi connectivity index (χ4n) is 3.99. The lowest BCUT2D eigenvalue weighted by Crippen LogP contribution is -2.40. The van der Waals surface area contributed by atoms with Gasteiger partial charge < -0.3 is 14.4 Å². The molecule has 4 rings (SSSR count). The maximum atomic E-state index is 13.6. The minimum atomic E-state index is -0.120. The number of nitrogens with zero attached hydrogens (tertiary/aromatic N) is 1. The van der Waals surface area contributed by atoms with Crippen LogP contribution in [0.5, 0.6) is 11.5 Å². The standard InChI is InChI=1S/C25H25NO3/c1-17-8-10-19(11-9-17)24-23-7-5-4-6-18(23)12-13-26(24)25(27)20-14-21(28-2)16-22(15-20)29-3/h4-11,14-16,24H,12-13H2,1-3H3. The van der Waals surface area contributed by atoms with Gasteiger partial charge in [0.1, 0.15) is 11.5 Å². The molecular weight excluding hydrogens is 362 g/mol. The lowest BCUT2D eigenvalue weighted by Gasteiger charge is -2.38. The van der Waals surface area contributed by atoms with Crippen LogP contribution in [-0.2, 0) is 6.42 Å². The van der Waals surface area contributed by atoms with Crippen LogP contribution in [0.3, 0.4) is 0 Å². The topological polar surface area (TPSA) is 38.8 Å². The van der Waals surface area contributed by atoms with Crippen LogP contribution in [0.1, 0.15) is 38.7 Å². The molecule has 0 saturated heterocycles. The van der Waals surface area contributed by atoms with E-state index in [0.29, 0.717) is 23.6 Å².